The molecule has 0 aliphatic heterocycles. The number of carbonyl (C=O) groups excluding carboxylic acids is 1. The largest absolute Gasteiger partial charge is 0.338 e. The van der Waals surface area contributed by atoms with Crippen LogP contribution in [0.25, 0.3) is 0 Å². The molecule has 2 rings (SSSR count). The highest BCUT2D eigenvalue weighted by Gasteiger charge is 2.11. The van der Waals surface area contributed by atoms with E-state index in [1.807, 2.05) is 11.6 Å². The molecule has 0 saturated carbocycles. The van der Waals surface area contributed by atoms with Crippen LogP contribution in [0.2, 0.25) is 10.0 Å². The number of rotatable bonds is 3. The van der Waals surface area contributed by atoms with Crippen LogP contribution in [-0.2, 0) is 13.5 Å². The van der Waals surface area contributed by atoms with Crippen LogP contribution in [0.15, 0.2) is 30.6 Å². The number of aromatic nitrogens is 2. The molecule has 17 heavy (non-hydrogen) atoms. The van der Waals surface area contributed by atoms with Gasteiger partial charge in [0.25, 0.3) is 0 Å². The number of nitrogens with zero attached hydrogens (tertiary/aromatic N) is 2. The van der Waals surface area contributed by atoms with Gasteiger partial charge in [0.05, 0.1) is 6.42 Å². The molecular formula is C12H10Cl2N2O. The maximum absolute atomic E-state index is 12.0. The molecular weight excluding hydrogens is 259 g/mol. The fourth-order valence-electron chi connectivity index (χ4n) is 1.53. The normalized spacial score (nSPS) is 10.5. The Hall–Kier alpha value is -1.32. The Balaban J connectivity index is 2.23. The summed E-state index contributed by atoms with van der Waals surface area (Å²) in [4.78, 5) is 16.1. The van der Waals surface area contributed by atoms with Crippen LogP contribution in [-0.4, -0.2) is 15.3 Å². The van der Waals surface area contributed by atoms with Crippen molar-refractivity contribution >= 4 is 29.0 Å². The molecule has 0 saturated heterocycles. The van der Waals surface area contributed by atoms with Gasteiger partial charge in [0.1, 0.15) is 5.82 Å². The van der Waals surface area contributed by atoms with Crippen molar-refractivity contribution in [2.75, 3.05) is 0 Å². The van der Waals surface area contributed by atoms with E-state index in [1.165, 1.54) is 0 Å². The molecule has 1 aromatic heterocycles. The minimum Gasteiger partial charge on any atom is -0.338 e. The van der Waals surface area contributed by atoms with Gasteiger partial charge in [-0.25, -0.2) is 4.98 Å². The number of hydrogen-bond acceptors (Lipinski definition) is 2. The molecule has 0 bridgehead atoms. The first-order valence-electron chi connectivity index (χ1n) is 5.02. The Morgan fingerprint density at radius 3 is 2.47 bits per heavy atom. The number of carbonyl (C=O) groups is 1. The van der Waals surface area contributed by atoms with Gasteiger partial charge in [-0.1, -0.05) is 23.2 Å². The molecule has 0 atom stereocenters. The zero-order valence-corrected chi connectivity index (χ0v) is 10.7. The third-order valence-electron chi connectivity index (χ3n) is 2.42. The molecule has 0 spiro atoms. The van der Waals surface area contributed by atoms with E-state index < -0.39 is 0 Å². The summed E-state index contributed by atoms with van der Waals surface area (Å²) in [6.45, 7) is 0. The van der Waals surface area contributed by atoms with Crippen molar-refractivity contribution in [2.24, 2.45) is 7.05 Å². The van der Waals surface area contributed by atoms with Crippen LogP contribution < -0.4 is 0 Å². The van der Waals surface area contributed by atoms with Gasteiger partial charge >= 0.3 is 0 Å². The third kappa shape index (κ3) is 2.87. The van der Waals surface area contributed by atoms with Crippen molar-refractivity contribution in [3.05, 3.63) is 52.0 Å². The highest BCUT2D eigenvalue weighted by molar-refractivity contribution is 6.35. The fourth-order valence-corrected chi connectivity index (χ4v) is 2.05. The Bertz CT molecular complexity index is 543. The predicted molar refractivity (Wildman–Crippen MR) is 67.7 cm³/mol. The van der Waals surface area contributed by atoms with Crippen LogP contribution in [0.4, 0.5) is 0 Å². The summed E-state index contributed by atoms with van der Waals surface area (Å²) in [5.41, 5.74) is 0.505. The van der Waals surface area contributed by atoms with Crippen molar-refractivity contribution < 1.29 is 4.79 Å². The summed E-state index contributed by atoms with van der Waals surface area (Å²) in [5.74, 6) is 0.662. The zero-order chi connectivity index (χ0) is 12.4. The molecule has 88 valence electrons. The number of halogens is 2. The quantitative estimate of drug-likeness (QED) is 0.802. The second-order valence-corrected chi connectivity index (χ2v) is 4.59. The first kappa shape index (κ1) is 12.1. The Kier molecular flexibility index (Phi) is 3.50. The maximum atomic E-state index is 12.0. The van der Waals surface area contributed by atoms with Gasteiger partial charge < -0.3 is 4.57 Å². The van der Waals surface area contributed by atoms with Crippen LogP contribution >= 0.6 is 23.2 Å². The van der Waals surface area contributed by atoms with Crippen molar-refractivity contribution in [3.8, 4) is 0 Å². The van der Waals surface area contributed by atoms with Crippen LogP contribution in [0, 0.1) is 0 Å². The maximum Gasteiger partial charge on any atom is 0.170 e. The summed E-state index contributed by atoms with van der Waals surface area (Å²) in [6.07, 6.45) is 3.70. The lowest BCUT2D eigenvalue weighted by molar-refractivity contribution is 0.0990. The summed E-state index contributed by atoms with van der Waals surface area (Å²) >= 11 is 11.7. The zero-order valence-electron chi connectivity index (χ0n) is 9.15. The highest BCUT2D eigenvalue weighted by Crippen LogP contribution is 2.20. The molecule has 0 aliphatic carbocycles. The number of Topliss-reactive ketones (excluding diaryl/α,β-unsaturated/α-hetero) is 1. The first-order chi connectivity index (χ1) is 8.06. The molecule has 1 heterocycles. The summed E-state index contributed by atoms with van der Waals surface area (Å²) in [6, 6.07) is 4.82. The molecule has 0 aliphatic rings. The van der Waals surface area contributed by atoms with Crippen molar-refractivity contribution in [2.45, 2.75) is 6.42 Å². The molecule has 0 unspecified atom stereocenters. The summed E-state index contributed by atoms with van der Waals surface area (Å²) in [7, 11) is 1.85. The van der Waals surface area contributed by atoms with Crippen molar-refractivity contribution in [1.82, 2.24) is 9.55 Å². The molecule has 0 fully saturated rings. The second-order valence-electron chi connectivity index (χ2n) is 3.71. The van der Waals surface area contributed by atoms with Gasteiger partial charge in [-0.15, -0.1) is 0 Å². The monoisotopic (exact) mass is 268 g/mol. The van der Waals surface area contributed by atoms with Gasteiger partial charge in [0.2, 0.25) is 0 Å². The fraction of sp³-hybridized carbons (Fsp3) is 0.167. The first-order valence-corrected chi connectivity index (χ1v) is 5.77. The second kappa shape index (κ2) is 4.90. The number of ketones is 1. The molecule has 3 nitrogen and oxygen atoms in total. The Morgan fingerprint density at radius 1 is 1.29 bits per heavy atom. The minimum absolute atomic E-state index is 0.0521. The van der Waals surface area contributed by atoms with E-state index in [0.29, 0.717) is 21.4 Å². The lowest BCUT2D eigenvalue weighted by atomic mass is 10.1. The van der Waals surface area contributed by atoms with Crippen molar-refractivity contribution in [1.29, 1.82) is 0 Å². The van der Waals surface area contributed by atoms with E-state index in [1.54, 1.807) is 30.6 Å². The van der Waals surface area contributed by atoms with E-state index in [0.717, 1.165) is 0 Å². The average molecular weight is 269 g/mol. The average Bonchev–Trinajstić information content (AvgIpc) is 2.63. The molecule has 1 aromatic carbocycles. The van der Waals surface area contributed by atoms with Gasteiger partial charge in [-0.05, 0) is 18.2 Å². The number of hydrogen-bond donors (Lipinski definition) is 0. The smallest absolute Gasteiger partial charge is 0.170 e. The van der Waals surface area contributed by atoms with Crippen LogP contribution in [0.5, 0.6) is 0 Å². The number of imidazole rings is 1. The number of aryl methyl sites for hydroxylation is 1. The molecule has 2 aromatic rings. The summed E-state index contributed by atoms with van der Waals surface area (Å²) in [5, 5.41) is 0.918. The summed E-state index contributed by atoms with van der Waals surface area (Å²) < 4.78 is 1.81. The van der Waals surface area contributed by atoms with Crippen LogP contribution in [0.3, 0.4) is 0 Å². The van der Waals surface area contributed by atoms with Crippen LogP contribution in [0.1, 0.15) is 16.2 Å². The Morgan fingerprint density at radius 2 is 1.94 bits per heavy atom. The molecule has 0 N–H and O–H groups in total. The van der Waals surface area contributed by atoms with E-state index in [4.69, 9.17) is 23.2 Å². The van der Waals surface area contributed by atoms with Gasteiger partial charge in [0, 0.05) is 35.1 Å². The lowest BCUT2D eigenvalue weighted by Crippen LogP contribution is -2.08. The van der Waals surface area contributed by atoms with E-state index >= 15 is 0 Å². The van der Waals surface area contributed by atoms with E-state index in [-0.39, 0.29) is 12.2 Å². The van der Waals surface area contributed by atoms with Gasteiger partial charge in [0.15, 0.2) is 5.78 Å². The van der Waals surface area contributed by atoms with E-state index in [2.05, 4.69) is 4.98 Å². The van der Waals surface area contributed by atoms with E-state index in [9.17, 15) is 4.79 Å². The Labute approximate surface area is 109 Å². The number of benzene rings is 1. The van der Waals surface area contributed by atoms with Crippen molar-refractivity contribution in [3.63, 3.8) is 0 Å². The lowest BCUT2D eigenvalue weighted by Gasteiger charge is -2.03. The predicted octanol–water partition coefficient (Wildman–Crippen LogP) is 3.15. The molecule has 0 amide bonds. The van der Waals surface area contributed by atoms with Gasteiger partial charge in [-0.3, -0.25) is 4.79 Å². The third-order valence-corrected chi connectivity index (χ3v) is 2.86. The standard InChI is InChI=1S/C12H10Cl2N2O/c1-16-3-2-15-12(16)7-11(17)8-4-9(13)6-10(14)5-8/h2-6H,7H2,1H3. The topological polar surface area (TPSA) is 34.9 Å². The van der Waals surface area contributed by atoms with Gasteiger partial charge in [-0.2, -0.15) is 0 Å². The SMILES string of the molecule is Cn1ccnc1CC(=O)c1cc(Cl)cc(Cl)c1. The molecule has 5 heteroatoms. The molecule has 0 radical (unpaired) electrons. The highest BCUT2D eigenvalue weighted by atomic mass is 35.5. The minimum atomic E-state index is -0.0521.